The van der Waals surface area contributed by atoms with Crippen LogP contribution in [0, 0.1) is 0 Å². The first-order valence-electron chi connectivity index (χ1n) is 13.6. The van der Waals surface area contributed by atoms with E-state index >= 15 is 0 Å². The molecule has 0 spiro atoms. The lowest BCUT2D eigenvalue weighted by Crippen LogP contribution is -2.44. The Kier molecular flexibility index (Phi) is 8.92. The molecule has 0 atom stereocenters. The largest absolute Gasteiger partial charge is 0.496 e. The number of benzene rings is 3. The number of halogens is 4. The molecule has 1 aromatic heterocycles. The lowest BCUT2D eigenvalue weighted by Gasteiger charge is -2.37. The van der Waals surface area contributed by atoms with Gasteiger partial charge >= 0.3 is 6.18 Å². The van der Waals surface area contributed by atoms with Crippen LogP contribution in [-0.4, -0.2) is 49.0 Å². The van der Waals surface area contributed by atoms with Gasteiger partial charge in [0.2, 0.25) is 0 Å². The van der Waals surface area contributed by atoms with Crippen molar-refractivity contribution in [1.29, 1.82) is 0 Å². The number of rotatable bonds is 8. The molecule has 1 amide bonds. The maximum absolute atomic E-state index is 14.1. The van der Waals surface area contributed by atoms with Crippen molar-refractivity contribution < 1.29 is 27.5 Å². The molecule has 4 aromatic rings. The summed E-state index contributed by atoms with van der Waals surface area (Å²) in [5, 5.41) is 4.65. The van der Waals surface area contributed by atoms with Crippen LogP contribution in [0.25, 0.3) is 21.2 Å². The second-order valence-corrected chi connectivity index (χ2v) is 11.8. The highest BCUT2D eigenvalue weighted by molar-refractivity contribution is 7.21. The van der Waals surface area contributed by atoms with E-state index in [1.165, 1.54) is 30.6 Å². The molecule has 1 heterocycles. The molecule has 0 radical (unpaired) electrons. The second-order valence-electron chi connectivity index (χ2n) is 10.4. The first kappa shape index (κ1) is 30.1. The highest BCUT2D eigenvalue weighted by Crippen LogP contribution is 2.38. The van der Waals surface area contributed by atoms with Crippen molar-refractivity contribution >= 4 is 44.7 Å². The van der Waals surface area contributed by atoms with E-state index in [1.54, 1.807) is 6.07 Å². The number of fused-ring (bicyclic) bond motifs is 1. The number of thiophene rings is 1. The Bertz CT molecular complexity index is 1600. The lowest BCUT2D eigenvalue weighted by atomic mass is 9.89. The van der Waals surface area contributed by atoms with E-state index in [2.05, 4.69) is 5.32 Å². The summed E-state index contributed by atoms with van der Waals surface area (Å²) in [7, 11) is 3.47. The highest BCUT2D eigenvalue weighted by atomic mass is 35.5. The van der Waals surface area contributed by atoms with Gasteiger partial charge in [0.1, 0.15) is 10.6 Å². The van der Waals surface area contributed by atoms with Gasteiger partial charge in [0.15, 0.2) is 0 Å². The fourth-order valence-corrected chi connectivity index (χ4v) is 7.03. The minimum atomic E-state index is -4.95. The summed E-state index contributed by atoms with van der Waals surface area (Å²) in [5.41, 5.74) is 1.64. The summed E-state index contributed by atoms with van der Waals surface area (Å²) in [5.74, 6) is -1.49. The third-order valence-electron chi connectivity index (χ3n) is 7.87. The molecule has 1 aliphatic carbocycles. The van der Waals surface area contributed by atoms with Crippen LogP contribution in [0.5, 0.6) is 5.75 Å². The Morgan fingerprint density at radius 3 is 2.33 bits per heavy atom. The Morgan fingerprint density at radius 2 is 1.71 bits per heavy atom. The Hall–Kier alpha value is -3.40. The molecule has 10 heteroatoms. The molecular weight excluding hydrogens is 585 g/mol. The minimum Gasteiger partial charge on any atom is -0.496 e. The van der Waals surface area contributed by atoms with Crippen molar-refractivity contribution in [3.63, 3.8) is 0 Å². The van der Waals surface area contributed by atoms with Gasteiger partial charge in [-0.1, -0.05) is 60.1 Å². The van der Waals surface area contributed by atoms with Crippen molar-refractivity contribution in [2.24, 2.45) is 0 Å². The van der Waals surface area contributed by atoms with Crippen molar-refractivity contribution in [3.05, 3.63) is 87.8 Å². The normalized spacial score (nSPS) is 17.3. The topological polar surface area (TPSA) is 58.6 Å². The number of methoxy groups -OCH3 is 1. The van der Waals surface area contributed by atoms with E-state index in [9.17, 15) is 22.8 Å². The molecule has 1 fully saturated rings. The zero-order chi connectivity index (χ0) is 30.0. The van der Waals surface area contributed by atoms with Gasteiger partial charge in [-0.25, -0.2) is 0 Å². The molecule has 3 aromatic carbocycles. The molecule has 5 nitrogen and oxygen atoms in total. The Labute approximate surface area is 251 Å². The number of nitrogens with one attached hydrogen (secondary N) is 1. The summed E-state index contributed by atoms with van der Waals surface area (Å²) < 4.78 is 45.2. The number of amides is 1. The van der Waals surface area contributed by atoms with Crippen molar-refractivity contribution in [2.45, 2.75) is 50.5 Å². The molecule has 5 rings (SSSR count). The molecule has 0 saturated heterocycles. The molecule has 42 heavy (non-hydrogen) atoms. The monoisotopic (exact) mass is 614 g/mol. The summed E-state index contributed by atoms with van der Waals surface area (Å²) >= 11 is 8.12. The third kappa shape index (κ3) is 6.19. The first-order valence-corrected chi connectivity index (χ1v) is 14.8. The van der Waals surface area contributed by atoms with Crippen LogP contribution < -0.4 is 10.1 Å². The summed E-state index contributed by atoms with van der Waals surface area (Å²) in [6, 6.07) is 18.9. The average molecular weight is 615 g/mol. The Balaban J connectivity index is 1.48. The number of carbonyl (C=O) groups is 2. The van der Waals surface area contributed by atoms with E-state index in [0.717, 1.165) is 53.5 Å². The van der Waals surface area contributed by atoms with Crippen LogP contribution in [0.4, 0.5) is 13.2 Å². The van der Waals surface area contributed by atoms with Crippen LogP contribution in [0.15, 0.2) is 66.7 Å². The number of hydrogen-bond donors (Lipinski definition) is 1. The maximum atomic E-state index is 14.1. The highest BCUT2D eigenvalue weighted by Gasteiger charge is 2.39. The zero-order valence-corrected chi connectivity index (χ0v) is 24.7. The molecule has 1 saturated carbocycles. The van der Waals surface area contributed by atoms with Crippen molar-refractivity contribution in [1.82, 2.24) is 10.2 Å². The molecule has 0 aliphatic heterocycles. The average Bonchev–Trinajstić information content (AvgIpc) is 3.35. The van der Waals surface area contributed by atoms with Crippen LogP contribution >= 0.6 is 22.9 Å². The number of ether oxygens (including phenoxy) is 1. The number of nitrogens with zero attached hydrogens (tertiary/aromatic N) is 1. The van der Waals surface area contributed by atoms with Gasteiger partial charge < -0.3 is 15.0 Å². The molecule has 0 unspecified atom stereocenters. The number of ketones is 1. The fourth-order valence-electron chi connectivity index (χ4n) is 5.57. The maximum Gasteiger partial charge on any atom is 0.454 e. The van der Waals surface area contributed by atoms with Gasteiger partial charge in [0, 0.05) is 39.8 Å². The van der Waals surface area contributed by atoms with Gasteiger partial charge in [-0.3, -0.25) is 9.59 Å². The van der Waals surface area contributed by atoms with E-state index in [-0.39, 0.29) is 11.9 Å². The molecule has 220 valence electrons. The first-order chi connectivity index (χ1) is 20.1. The standard InChI is InChI=1S/C32H30ClF3N2O3S/c1-37-22-12-14-23(15-13-22)38(31(40)29-28(33)24-5-3-4-6-27(24)42-29)18-19-7-16-26(41-2)25(17-19)20-8-10-21(11-9-20)30(39)32(34,35)36/h3-11,16-17,22-23,37H,12-15,18H2,1-2H3. The van der Waals surface area contributed by atoms with Crippen molar-refractivity contribution in [3.8, 4) is 16.9 Å². The summed E-state index contributed by atoms with van der Waals surface area (Å²) in [4.78, 5) is 28.2. The van der Waals surface area contributed by atoms with Gasteiger partial charge in [0.25, 0.3) is 11.7 Å². The van der Waals surface area contributed by atoms with Crippen LogP contribution in [0.3, 0.4) is 0 Å². The van der Waals surface area contributed by atoms with Gasteiger partial charge in [-0.2, -0.15) is 13.2 Å². The van der Waals surface area contributed by atoms with Crippen LogP contribution in [0.2, 0.25) is 5.02 Å². The zero-order valence-electron chi connectivity index (χ0n) is 23.1. The fraction of sp³-hybridized carbons (Fsp3) is 0.312. The van der Waals surface area contributed by atoms with Gasteiger partial charge in [-0.15, -0.1) is 11.3 Å². The van der Waals surface area contributed by atoms with E-state index < -0.39 is 17.5 Å². The Morgan fingerprint density at radius 1 is 1.02 bits per heavy atom. The summed E-state index contributed by atoms with van der Waals surface area (Å²) in [6.07, 6.45) is -1.36. The van der Waals surface area contributed by atoms with Crippen LogP contribution in [-0.2, 0) is 6.54 Å². The van der Waals surface area contributed by atoms with E-state index in [1.807, 2.05) is 48.3 Å². The minimum absolute atomic E-state index is 0.0154. The number of hydrogen-bond acceptors (Lipinski definition) is 5. The van der Waals surface area contributed by atoms with E-state index in [0.29, 0.717) is 39.4 Å². The van der Waals surface area contributed by atoms with Gasteiger partial charge in [-0.05, 0) is 62.1 Å². The quantitative estimate of drug-likeness (QED) is 0.204. The summed E-state index contributed by atoms with van der Waals surface area (Å²) in [6.45, 7) is 0.319. The number of carbonyl (C=O) groups excluding carboxylic acids is 2. The molecule has 1 N–H and O–H groups in total. The predicted octanol–water partition coefficient (Wildman–Crippen LogP) is 8.15. The molecule has 0 bridgehead atoms. The third-order valence-corrected chi connectivity index (χ3v) is 9.53. The molecular formula is C32H30ClF3N2O3S. The van der Waals surface area contributed by atoms with Crippen LogP contribution in [0.1, 0.15) is 51.3 Å². The molecule has 1 aliphatic rings. The van der Waals surface area contributed by atoms with E-state index in [4.69, 9.17) is 16.3 Å². The smallest absolute Gasteiger partial charge is 0.454 e. The van der Waals surface area contributed by atoms with Gasteiger partial charge in [0.05, 0.1) is 12.1 Å². The second kappa shape index (κ2) is 12.5. The number of alkyl halides is 3. The predicted molar refractivity (Wildman–Crippen MR) is 161 cm³/mol. The SMILES string of the molecule is CNC1CCC(N(Cc2ccc(OC)c(-c3ccc(C(=O)C(F)(F)F)cc3)c2)C(=O)c2sc3ccccc3c2Cl)CC1. The number of Topliss-reactive ketones (excluding diaryl/α,β-unsaturated/α-hetero) is 1. The lowest BCUT2D eigenvalue weighted by molar-refractivity contribution is -0.0885. The van der Waals surface area contributed by atoms with Crippen molar-refractivity contribution in [2.75, 3.05) is 14.2 Å².